The Labute approximate surface area is 144 Å². The van der Waals surface area contributed by atoms with Crippen LogP contribution in [0.5, 0.6) is 11.5 Å². The number of halogens is 1. The molecule has 1 amide bonds. The molecule has 6 heteroatoms. The number of hydrogen-bond acceptors (Lipinski definition) is 4. The van der Waals surface area contributed by atoms with E-state index in [1.807, 2.05) is 18.7 Å². The van der Waals surface area contributed by atoms with Crippen molar-refractivity contribution in [3.05, 3.63) is 23.8 Å². The fraction of sp³-hybridized carbons (Fsp3) is 0.588. The summed E-state index contributed by atoms with van der Waals surface area (Å²) in [6.45, 7) is 8.44. The Kier molecular flexibility index (Phi) is 7.65. The summed E-state index contributed by atoms with van der Waals surface area (Å²) in [5.74, 6) is 1.65. The molecule has 2 N–H and O–H groups in total. The molecule has 1 aliphatic rings. The molecule has 1 fully saturated rings. The quantitative estimate of drug-likeness (QED) is 0.893. The average Bonchev–Trinajstić information content (AvgIpc) is 2.51. The summed E-state index contributed by atoms with van der Waals surface area (Å²) in [5, 5.41) is 0. The van der Waals surface area contributed by atoms with Crippen LogP contribution in [0.2, 0.25) is 0 Å². The van der Waals surface area contributed by atoms with Crippen molar-refractivity contribution in [1.82, 2.24) is 4.90 Å². The van der Waals surface area contributed by atoms with Gasteiger partial charge in [0.2, 0.25) is 0 Å². The van der Waals surface area contributed by atoms with Crippen LogP contribution in [0.25, 0.3) is 0 Å². The second kappa shape index (κ2) is 8.99. The maximum absolute atomic E-state index is 12.7. The fourth-order valence-electron chi connectivity index (χ4n) is 2.71. The molecule has 5 nitrogen and oxygen atoms in total. The molecule has 2 rings (SSSR count). The molecule has 1 aromatic carbocycles. The maximum Gasteiger partial charge on any atom is 0.254 e. The van der Waals surface area contributed by atoms with Gasteiger partial charge in [0.1, 0.15) is 0 Å². The van der Waals surface area contributed by atoms with E-state index in [0.717, 1.165) is 6.42 Å². The van der Waals surface area contributed by atoms with Gasteiger partial charge in [0, 0.05) is 24.7 Å². The van der Waals surface area contributed by atoms with Gasteiger partial charge in [-0.3, -0.25) is 4.79 Å². The molecule has 1 aromatic rings. The number of rotatable bonds is 5. The number of likely N-dealkylation sites (tertiary alicyclic amines) is 1. The molecule has 0 saturated carbocycles. The van der Waals surface area contributed by atoms with E-state index in [4.69, 9.17) is 15.2 Å². The Morgan fingerprint density at radius 3 is 2.52 bits per heavy atom. The highest BCUT2D eigenvalue weighted by atomic mass is 35.5. The smallest absolute Gasteiger partial charge is 0.254 e. The van der Waals surface area contributed by atoms with Gasteiger partial charge in [-0.1, -0.05) is 6.92 Å². The Bertz CT molecular complexity index is 525. The van der Waals surface area contributed by atoms with E-state index in [1.54, 1.807) is 18.2 Å². The second-order valence-electron chi connectivity index (χ2n) is 5.71. The van der Waals surface area contributed by atoms with Gasteiger partial charge in [-0.15, -0.1) is 12.4 Å². The number of nitrogens with two attached hydrogens (primary N) is 1. The van der Waals surface area contributed by atoms with Gasteiger partial charge in [-0.2, -0.15) is 0 Å². The lowest BCUT2D eigenvalue weighted by molar-refractivity contribution is 0.0663. The SMILES string of the molecule is CCOc1ccc(C(=O)N2CCC(N)C(C)C2)cc1OCC.Cl. The second-order valence-corrected chi connectivity index (χ2v) is 5.71. The molecule has 0 bridgehead atoms. The Morgan fingerprint density at radius 1 is 1.26 bits per heavy atom. The molecule has 23 heavy (non-hydrogen) atoms. The molecule has 1 heterocycles. The first-order chi connectivity index (χ1) is 10.6. The first-order valence-electron chi connectivity index (χ1n) is 8.01. The van der Waals surface area contributed by atoms with E-state index in [1.165, 1.54) is 0 Å². The van der Waals surface area contributed by atoms with Crippen molar-refractivity contribution in [2.24, 2.45) is 11.7 Å². The van der Waals surface area contributed by atoms with Gasteiger partial charge in [0.05, 0.1) is 13.2 Å². The topological polar surface area (TPSA) is 64.8 Å². The summed E-state index contributed by atoms with van der Waals surface area (Å²) in [5.41, 5.74) is 6.66. The van der Waals surface area contributed by atoms with E-state index in [9.17, 15) is 4.79 Å². The van der Waals surface area contributed by atoms with Crippen LogP contribution in [0.4, 0.5) is 0 Å². The number of carbonyl (C=O) groups is 1. The number of piperidine rings is 1. The third kappa shape index (κ3) is 4.75. The van der Waals surface area contributed by atoms with Crippen molar-refractivity contribution >= 4 is 18.3 Å². The zero-order chi connectivity index (χ0) is 16.1. The van der Waals surface area contributed by atoms with E-state index in [-0.39, 0.29) is 24.4 Å². The van der Waals surface area contributed by atoms with Crippen molar-refractivity contribution in [3.8, 4) is 11.5 Å². The van der Waals surface area contributed by atoms with Crippen LogP contribution in [-0.4, -0.2) is 43.2 Å². The molecular formula is C17H27ClN2O3. The number of amides is 1. The lowest BCUT2D eigenvalue weighted by atomic mass is 9.94. The van der Waals surface area contributed by atoms with E-state index < -0.39 is 0 Å². The molecule has 0 spiro atoms. The molecule has 0 radical (unpaired) electrons. The van der Waals surface area contributed by atoms with Gasteiger partial charge < -0.3 is 20.1 Å². The lowest BCUT2D eigenvalue weighted by Crippen LogP contribution is -2.48. The Balaban J connectivity index is 0.00000264. The highest BCUT2D eigenvalue weighted by Gasteiger charge is 2.27. The molecule has 0 aliphatic carbocycles. The molecule has 2 atom stereocenters. The standard InChI is InChI=1S/C17H26N2O3.ClH/c1-4-21-15-7-6-13(10-16(15)22-5-2)17(20)19-9-8-14(18)12(3)11-19;/h6-7,10,12,14H,4-5,8-9,11,18H2,1-3H3;1H. The summed E-state index contributed by atoms with van der Waals surface area (Å²) < 4.78 is 11.1. The minimum atomic E-state index is 0. The zero-order valence-corrected chi connectivity index (χ0v) is 14.9. The predicted octanol–water partition coefficient (Wildman–Crippen LogP) is 2.72. The van der Waals surface area contributed by atoms with Gasteiger partial charge in [-0.05, 0) is 44.4 Å². The maximum atomic E-state index is 12.7. The largest absolute Gasteiger partial charge is 0.490 e. The molecular weight excluding hydrogens is 316 g/mol. The van der Waals surface area contributed by atoms with Crippen LogP contribution in [0.1, 0.15) is 37.6 Å². The van der Waals surface area contributed by atoms with Gasteiger partial charge >= 0.3 is 0 Å². The van der Waals surface area contributed by atoms with Crippen molar-refractivity contribution in [1.29, 1.82) is 0 Å². The number of benzene rings is 1. The van der Waals surface area contributed by atoms with Crippen LogP contribution >= 0.6 is 12.4 Å². The van der Waals surface area contributed by atoms with E-state index >= 15 is 0 Å². The van der Waals surface area contributed by atoms with Crippen molar-refractivity contribution < 1.29 is 14.3 Å². The van der Waals surface area contributed by atoms with Gasteiger partial charge in [-0.25, -0.2) is 0 Å². The molecule has 1 saturated heterocycles. The molecule has 2 unspecified atom stereocenters. The zero-order valence-electron chi connectivity index (χ0n) is 14.1. The van der Waals surface area contributed by atoms with Crippen molar-refractivity contribution in [2.45, 2.75) is 33.2 Å². The monoisotopic (exact) mass is 342 g/mol. The normalized spacial score (nSPS) is 20.6. The fourth-order valence-corrected chi connectivity index (χ4v) is 2.71. The van der Waals surface area contributed by atoms with Crippen LogP contribution in [-0.2, 0) is 0 Å². The Hall–Kier alpha value is -1.46. The van der Waals surface area contributed by atoms with Crippen molar-refractivity contribution in [3.63, 3.8) is 0 Å². The van der Waals surface area contributed by atoms with E-state index in [0.29, 0.717) is 49.3 Å². The first-order valence-corrected chi connectivity index (χ1v) is 8.01. The van der Waals surface area contributed by atoms with Crippen LogP contribution in [0.15, 0.2) is 18.2 Å². The molecule has 130 valence electrons. The van der Waals surface area contributed by atoms with E-state index in [2.05, 4.69) is 6.92 Å². The minimum absolute atomic E-state index is 0. The summed E-state index contributed by atoms with van der Waals surface area (Å²) in [6, 6.07) is 5.56. The third-order valence-electron chi connectivity index (χ3n) is 4.05. The van der Waals surface area contributed by atoms with Crippen molar-refractivity contribution in [2.75, 3.05) is 26.3 Å². The lowest BCUT2D eigenvalue weighted by Gasteiger charge is -2.35. The minimum Gasteiger partial charge on any atom is -0.490 e. The number of carbonyl (C=O) groups excluding carboxylic acids is 1. The highest BCUT2D eigenvalue weighted by Crippen LogP contribution is 2.29. The highest BCUT2D eigenvalue weighted by molar-refractivity contribution is 5.95. The predicted molar refractivity (Wildman–Crippen MR) is 93.7 cm³/mol. The van der Waals surface area contributed by atoms with Crippen LogP contribution in [0, 0.1) is 5.92 Å². The number of nitrogens with zero attached hydrogens (tertiary/aromatic N) is 1. The van der Waals surface area contributed by atoms with Gasteiger partial charge in [0.25, 0.3) is 5.91 Å². The Morgan fingerprint density at radius 2 is 1.91 bits per heavy atom. The average molecular weight is 343 g/mol. The van der Waals surface area contributed by atoms with Gasteiger partial charge in [0.15, 0.2) is 11.5 Å². The summed E-state index contributed by atoms with van der Waals surface area (Å²) in [7, 11) is 0. The summed E-state index contributed by atoms with van der Waals surface area (Å²) in [4.78, 5) is 14.5. The van der Waals surface area contributed by atoms with Crippen LogP contribution in [0.3, 0.4) is 0 Å². The molecule has 0 aromatic heterocycles. The van der Waals surface area contributed by atoms with Crippen LogP contribution < -0.4 is 15.2 Å². The number of ether oxygens (including phenoxy) is 2. The third-order valence-corrected chi connectivity index (χ3v) is 4.05. The molecule has 1 aliphatic heterocycles. The number of hydrogen-bond donors (Lipinski definition) is 1. The summed E-state index contributed by atoms with van der Waals surface area (Å²) in [6.07, 6.45) is 0.849. The summed E-state index contributed by atoms with van der Waals surface area (Å²) >= 11 is 0. The first kappa shape index (κ1) is 19.6.